The molecule has 0 N–H and O–H groups in total. The summed E-state index contributed by atoms with van der Waals surface area (Å²) < 4.78 is 4.75. The molecular formula is C18H22N2O4S. The van der Waals surface area contributed by atoms with Crippen molar-refractivity contribution in [3.63, 3.8) is 0 Å². The van der Waals surface area contributed by atoms with Crippen molar-refractivity contribution >= 4 is 29.7 Å². The van der Waals surface area contributed by atoms with E-state index in [1.54, 1.807) is 16.7 Å². The molecule has 1 aromatic rings. The number of rotatable bonds is 5. The van der Waals surface area contributed by atoms with Gasteiger partial charge in [-0.1, -0.05) is 26.0 Å². The quantitative estimate of drug-likeness (QED) is 0.752. The van der Waals surface area contributed by atoms with E-state index in [-0.39, 0.29) is 24.5 Å². The minimum absolute atomic E-state index is 0.0202. The van der Waals surface area contributed by atoms with E-state index in [1.165, 1.54) is 4.90 Å². The second-order valence-corrected chi connectivity index (χ2v) is 8.24. The first-order valence-electron chi connectivity index (χ1n) is 8.46. The number of carbonyl (C=O) groups excluding carboxylic acids is 3. The average Bonchev–Trinajstić information content (AvgIpc) is 3.15. The highest BCUT2D eigenvalue weighted by atomic mass is 32.2. The number of likely N-dealkylation sites (tertiary alicyclic amines) is 1. The lowest BCUT2D eigenvalue weighted by molar-refractivity contribution is -0.131. The molecule has 2 aliphatic rings. The van der Waals surface area contributed by atoms with Crippen LogP contribution in [0.15, 0.2) is 29.2 Å². The molecule has 3 rings (SSSR count). The van der Waals surface area contributed by atoms with Crippen molar-refractivity contribution in [1.29, 1.82) is 0 Å². The zero-order chi connectivity index (χ0) is 18.0. The van der Waals surface area contributed by atoms with Gasteiger partial charge < -0.3 is 9.64 Å². The summed E-state index contributed by atoms with van der Waals surface area (Å²) in [6.07, 6.45) is 0.344. The maximum atomic E-state index is 12.5. The Labute approximate surface area is 151 Å². The van der Waals surface area contributed by atoms with Gasteiger partial charge in [0.1, 0.15) is 0 Å². The standard InChI is InChI=1S/C18H22N2O4S/c1-12(2)25-15-5-3-13(4-6-15)9-16(21)19-8-7-14(10-19)20-17(22)11-24-18(20)23/h3-6,12,14H,7-11H2,1-2H3. The van der Waals surface area contributed by atoms with Crippen molar-refractivity contribution < 1.29 is 19.1 Å². The lowest BCUT2D eigenvalue weighted by Gasteiger charge is -2.20. The van der Waals surface area contributed by atoms with Gasteiger partial charge in [-0.2, -0.15) is 0 Å². The highest BCUT2D eigenvalue weighted by Gasteiger charge is 2.41. The van der Waals surface area contributed by atoms with Gasteiger partial charge in [-0.25, -0.2) is 9.69 Å². The van der Waals surface area contributed by atoms with E-state index in [2.05, 4.69) is 13.8 Å². The summed E-state index contributed by atoms with van der Waals surface area (Å²) in [5.41, 5.74) is 0.971. The van der Waals surface area contributed by atoms with Crippen LogP contribution in [-0.4, -0.2) is 58.7 Å². The fraction of sp³-hybridized carbons (Fsp3) is 0.500. The molecule has 0 aliphatic carbocycles. The molecule has 1 atom stereocenters. The maximum absolute atomic E-state index is 12.5. The normalized spacial score (nSPS) is 20.5. The van der Waals surface area contributed by atoms with Gasteiger partial charge in [0, 0.05) is 23.2 Å². The number of amides is 3. The summed E-state index contributed by atoms with van der Waals surface area (Å²) in [6.45, 7) is 5.05. The molecule has 1 unspecified atom stereocenters. The number of carbonyl (C=O) groups is 3. The Bertz CT molecular complexity index is 658. The van der Waals surface area contributed by atoms with E-state index in [4.69, 9.17) is 4.74 Å². The van der Waals surface area contributed by atoms with Crippen LogP contribution in [0.5, 0.6) is 0 Å². The molecule has 1 aromatic carbocycles. The Morgan fingerprint density at radius 2 is 2.00 bits per heavy atom. The maximum Gasteiger partial charge on any atom is 0.417 e. The molecule has 2 aliphatic heterocycles. The molecule has 6 nitrogen and oxygen atoms in total. The van der Waals surface area contributed by atoms with Crippen molar-refractivity contribution in [2.24, 2.45) is 0 Å². The second-order valence-electron chi connectivity index (χ2n) is 6.59. The predicted octanol–water partition coefficient (Wildman–Crippen LogP) is 2.31. The zero-order valence-corrected chi connectivity index (χ0v) is 15.3. The first-order valence-corrected chi connectivity index (χ1v) is 9.34. The highest BCUT2D eigenvalue weighted by molar-refractivity contribution is 7.99. The molecule has 0 spiro atoms. The third-order valence-corrected chi connectivity index (χ3v) is 5.33. The van der Waals surface area contributed by atoms with Crippen LogP contribution < -0.4 is 0 Å². The number of hydrogen-bond acceptors (Lipinski definition) is 5. The summed E-state index contributed by atoms with van der Waals surface area (Å²) in [5, 5.41) is 0.522. The van der Waals surface area contributed by atoms with Crippen molar-refractivity contribution in [2.45, 2.75) is 42.9 Å². The molecular weight excluding hydrogens is 340 g/mol. The van der Waals surface area contributed by atoms with Crippen LogP contribution >= 0.6 is 11.8 Å². The Hall–Kier alpha value is -2.02. The van der Waals surface area contributed by atoms with Crippen LogP contribution in [0, 0.1) is 0 Å². The molecule has 0 aromatic heterocycles. The molecule has 2 heterocycles. The number of hydrogen-bond donors (Lipinski definition) is 0. The number of thioether (sulfide) groups is 1. The highest BCUT2D eigenvalue weighted by Crippen LogP contribution is 2.24. The fourth-order valence-electron chi connectivity index (χ4n) is 3.14. The first-order chi connectivity index (χ1) is 11.9. The zero-order valence-electron chi connectivity index (χ0n) is 14.4. The smallest absolute Gasteiger partial charge is 0.417 e. The first kappa shape index (κ1) is 17.8. The van der Waals surface area contributed by atoms with Crippen LogP contribution in [0.2, 0.25) is 0 Å². The summed E-state index contributed by atoms with van der Waals surface area (Å²) in [4.78, 5) is 39.9. The van der Waals surface area contributed by atoms with Gasteiger partial charge in [-0.05, 0) is 24.1 Å². The molecule has 0 radical (unpaired) electrons. The monoisotopic (exact) mass is 362 g/mol. The molecule has 0 saturated carbocycles. The number of imide groups is 1. The molecule has 2 fully saturated rings. The predicted molar refractivity (Wildman–Crippen MR) is 94.3 cm³/mol. The molecule has 25 heavy (non-hydrogen) atoms. The van der Waals surface area contributed by atoms with E-state index in [0.717, 1.165) is 10.5 Å². The van der Waals surface area contributed by atoms with Gasteiger partial charge in [0.25, 0.3) is 5.91 Å². The van der Waals surface area contributed by atoms with E-state index >= 15 is 0 Å². The van der Waals surface area contributed by atoms with Gasteiger partial charge in [-0.15, -0.1) is 11.8 Å². The van der Waals surface area contributed by atoms with Crippen LogP contribution in [-0.2, 0) is 20.7 Å². The van der Waals surface area contributed by atoms with Crippen LogP contribution in [0.3, 0.4) is 0 Å². The minimum Gasteiger partial charge on any atom is -0.439 e. The molecule has 3 amide bonds. The Morgan fingerprint density at radius 1 is 1.28 bits per heavy atom. The topological polar surface area (TPSA) is 66.9 Å². The Morgan fingerprint density at radius 3 is 2.60 bits per heavy atom. The van der Waals surface area contributed by atoms with E-state index in [1.807, 2.05) is 24.3 Å². The van der Waals surface area contributed by atoms with E-state index < -0.39 is 6.09 Å². The third-order valence-electron chi connectivity index (χ3n) is 4.32. The number of benzene rings is 1. The molecule has 2 saturated heterocycles. The van der Waals surface area contributed by atoms with Gasteiger partial charge in [0.05, 0.1) is 12.5 Å². The van der Waals surface area contributed by atoms with Gasteiger partial charge >= 0.3 is 6.09 Å². The summed E-state index contributed by atoms with van der Waals surface area (Å²) >= 11 is 1.79. The van der Waals surface area contributed by atoms with Gasteiger partial charge in [-0.3, -0.25) is 9.59 Å². The average molecular weight is 362 g/mol. The van der Waals surface area contributed by atoms with E-state index in [9.17, 15) is 14.4 Å². The summed E-state index contributed by atoms with van der Waals surface area (Å²) in [5.74, 6) is -0.297. The molecule has 0 bridgehead atoms. The van der Waals surface area contributed by atoms with Crippen LogP contribution in [0.4, 0.5) is 4.79 Å². The van der Waals surface area contributed by atoms with Crippen molar-refractivity contribution in [2.75, 3.05) is 19.7 Å². The van der Waals surface area contributed by atoms with Gasteiger partial charge in [0.2, 0.25) is 5.91 Å². The summed E-state index contributed by atoms with van der Waals surface area (Å²) in [6, 6.07) is 7.78. The number of cyclic esters (lactones) is 1. The largest absolute Gasteiger partial charge is 0.439 e. The molecule has 7 heteroatoms. The van der Waals surface area contributed by atoms with Crippen LogP contribution in [0.1, 0.15) is 25.8 Å². The van der Waals surface area contributed by atoms with Crippen molar-refractivity contribution in [3.05, 3.63) is 29.8 Å². The number of ether oxygens (including phenoxy) is 1. The Kier molecular flexibility index (Phi) is 5.32. The van der Waals surface area contributed by atoms with Gasteiger partial charge in [0.15, 0.2) is 6.61 Å². The minimum atomic E-state index is -0.595. The number of nitrogens with zero attached hydrogens (tertiary/aromatic N) is 2. The fourth-order valence-corrected chi connectivity index (χ4v) is 3.98. The molecule has 134 valence electrons. The van der Waals surface area contributed by atoms with Crippen molar-refractivity contribution in [3.8, 4) is 0 Å². The lowest BCUT2D eigenvalue weighted by atomic mass is 10.1. The Balaban J connectivity index is 1.55. The SMILES string of the molecule is CC(C)Sc1ccc(CC(=O)N2CCC(N3C(=O)COC3=O)C2)cc1. The van der Waals surface area contributed by atoms with E-state index in [0.29, 0.717) is 31.2 Å². The lowest BCUT2D eigenvalue weighted by Crippen LogP contribution is -2.42. The second kappa shape index (κ2) is 7.47. The summed E-state index contributed by atoms with van der Waals surface area (Å²) in [7, 11) is 0. The third kappa shape index (κ3) is 4.15. The van der Waals surface area contributed by atoms with Crippen LogP contribution in [0.25, 0.3) is 0 Å². The van der Waals surface area contributed by atoms with Crippen molar-refractivity contribution in [1.82, 2.24) is 9.80 Å².